The van der Waals surface area contributed by atoms with Crippen molar-refractivity contribution >= 4 is 23.1 Å². The first kappa shape index (κ1) is 11.2. The number of allylic oxidation sites excluding steroid dienone is 2. The third-order valence-electron chi connectivity index (χ3n) is 2.82. The molecule has 0 spiro atoms. The van der Waals surface area contributed by atoms with Gasteiger partial charge in [0.15, 0.2) is 0 Å². The molecule has 3 heteroatoms. The van der Waals surface area contributed by atoms with Gasteiger partial charge in [0, 0.05) is 11.4 Å². The van der Waals surface area contributed by atoms with Crippen molar-refractivity contribution in [2.75, 3.05) is 0 Å². The standard InChI is InChI=1S/C13H13ClO2/c14-11-6-7-12-9(2-1-3-13(15)16)4-5-10(12)8-11/h4,6-8H,1-3,5H2,(H,15,16). The third kappa shape index (κ3) is 2.45. The summed E-state index contributed by atoms with van der Waals surface area (Å²) in [5.41, 5.74) is 3.74. The highest BCUT2D eigenvalue weighted by Gasteiger charge is 2.14. The van der Waals surface area contributed by atoms with Crippen LogP contribution in [0.15, 0.2) is 24.3 Å². The Morgan fingerprint density at radius 3 is 3.00 bits per heavy atom. The van der Waals surface area contributed by atoms with E-state index in [1.807, 2.05) is 18.2 Å². The molecule has 0 unspecified atom stereocenters. The number of halogens is 1. The quantitative estimate of drug-likeness (QED) is 0.868. The van der Waals surface area contributed by atoms with E-state index in [-0.39, 0.29) is 6.42 Å². The Labute approximate surface area is 99.5 Å². The van der Waals surface area contributed by atoms with Gasteiger partial charge in [-0.15, -0.1) is 0 Å². The monoisotopic (exact) mass is 236 g/mol. The summed E-state index contributed by atoms with van der Waals surface area (Å²) < 4.78 is 0. The van der Waals surface area contributed by atoms with Crippen molar-refractivity contribution < 1.29 is 9.90 Å². The lowest BCUT2D eigenvalue weighted by molar-refractivity contribution is -0.137. The SMILES string of the molecule is O=C(O)CCCC1=CCc2cc(Cl)ccc21. The summed E-state index contributed by atoms with van der Waals surface area (Å²) >= 11 is 5.92. The zero-order chi connectivity index (χ0) is 11.5. The lowest BCUT2D eigenvalue weighted by Crippen LogP contribution is -1.94. The maximum Gasteiger partial charge on any atom is 0.303 e. The molecule has 0 aliphatic heterocycles. The molecular weight excluding hydrogens is 224 g/mol. The molecule has 0 saturated heterocycles. The fraction of sp³-hybridized carbons (Fsp3) is 0.308. The second kappa shape index (κ2) is 4.71. The minimum absolute atomic E-state index is 0.236. The van der Waals surface area contributed by atoms with Gasteiger partial charge in [-0.1, -0.05) is 23.7 Å². The second-order valence-electron chi connectivity index (χ2n) is 3.98. The molecule has 0 fully saturated rings. The van der Waals surface area contributed by atoms with E-state index in [4.69, 9.17) is 16.7 Å². The second-order valence-corrected chi connectivity index (χ2v) is 4.42. The van der Waals surface area contributed by atoms with Crippen molar-refractivity contribution in [2.24, 2.45) is 0 Å². The van der Waals surface area contributed by atoms with E-state index < -0.39 is 5.97 Å². The van der Waals surface area contributed by atoms with Crippen LogP contribution in [0.4, 0.5) is 0 Å². The van der Waals surface area contributed by atoms with Crippen molar-refractivity contribution in [3.05, 3.63) is 40.4 Å². The van der Waals surface area contributed by atoms with Gasteiger partial charge in [-0.25, -0.2) is 0 Å². The average molecular weight is 237 g/mol. The number of carboxylic acid groups (broad SMARTS) is 1. The molecule has 16 heavy (non-hydrogen) atoms. The Kier molecular flexibility index (Phi) is 3.30. The zero-order valence-corrected chi connectivity index (χ0v) is 9.63. The number of rotatable bonds is 4. The lowest BCUT2D eigenvalue weighted by atomic mass is 10.0. The summed E-state index contributed by atoms with van der Waals surface area (Å²) in [4.78, 5) is 10.4. The number of carbonyl (C=O) groups is 1. The van der Waals surface area contributed by atoms with Crippen LogP contribution in [0, 0.1) is 0 Å². The van der Waals surface area contributed by atoms with E-state index in [0.29, 0.717) is 6.42 Å². The molecule has 0 bridgehead atoms. The summed E-state index contributed by atoms with van der Waals surface area (Å²) in [5.74, 6) is -0.727. The van der Waals surface area contributed by atoms with Crippen molar-refractivity contribution in [1.29, 1.82) is 0 Å². The molecule has 0 heterocycles. The molecule has 1 aromatic rings. The summed E-state index contributed by atoms with van der Waals surface area (Å²) in [6.45, 7) is 0. The molecule has 1 aliphatic carbocycles. The Morgan fingerprint density at radius 1 is 1.44 bits per heavy atom. The van der Waals surface area contributed by atoms with Gasteiger partial charge >= 0.3 is 5.97 Å². The topological polar surface area (TPSA) is 37.3 Å². The maximum absolute atomic E-state index is 10.4. The van der Waals surface area contributed by atoms with E-state index in [9.17, 15) is 4.79 Å². The normalized spacial score (nSPS) is 13.4. The number of carboxylic acids is 1. The minimum atomic E-state index is -0.727. The van der Waals surface area contributed by atoms with Crippen LogP contribution in [0.25, 0.3) is 5.57 Å². The van der Waals surface area contributed by atoms with Crippen molar-refractivity contribution in [3.63, 3.8) is 0 Å². The Bertz CT molecular complexity index is 449. The van der Waals surface area contributed by atoms with E-state index >= 15 is 0 Å². The molecule has 84 valence electrons. The van der Waals surface area contributed by atoms with Crippen LogP contribution in [0.2, 0.25) is 5.02 Å². The van der Waals surface area contributed by atoms with Gasteiger partial charge in [0.2, 0.25) is 0 Å². The molecule has 0 saturated carbocycles. The number of aliphatic carboxylic acids is 1. The van der Waals surface area contributed by atoms with Crippen LogP contribution in [0.1, 0.15) is 30.4 Å². The minimum Gasteiger partial charge on any atom is -0.481 e. The molecule has 1 aromatic carbocycles. The highest BCUT2D eigenvalue weighted by atomic mass is 35.5. The van der Waals surface area contributed by atoms with Gasteiger partial charge in [0.05, 0.1) is 0 Å². The molecular formula is C13H13ClO2. The van der Waals surface area contributed by atoms with E-state index in [1.165, 1.54) is 16.7 Å². The predicted molar refractivity (Wildman–Crippen MR) is 64.6 cm³/mol. The fourth-order valence-corrected chi connectivity index (χ4v) is 2.25. The summed E-state index contributed by atoms with van der Waals surface area (Å²) in [5, 5.41) is 9.35. The van der Waals surface area contributed by atoms with Crippen LogP contribution in [0.5, 0.6) is 0 Å². The smallest absolute Gasteiger partial charge is 0.303 e. The van der Waals surface area contributed by atoms with Gasteiger partial charge in [-0.3, -0.25) is 4.79 Å². The van der Waals surface area contributed by atoms with E-state index in [1.54, 1.807) is 0 Å². The molecule has 2 rings (SSSR count). The first-order chi connectivity index (χ1) is 7.66. The number of fused-ring (bicyclic) bond motifs is 1. The zero-order valence-electron chi connectivity index (χ0n) is 8.87. The Balaban J connectivity index is 2.02. The van der Waals surface area contributed by atoms with Crippen LogP contribution in [-0.4, -0.2) is 11.1 Å². The average Bonchev–Trinajstić information content (AvgIpc) is 2.60. The predicted octanol–water partition coefficient (Wildman–Crippen LogP) is 3.53. The van der Waals surface area contributed by atoms with Crippen LogP contribution < -0.4 is 0 Å². The Morgan fingerprint density at radius 2 is 2.25 bits per heavy atom. The maximum atomic E-state index is 10.4. The third-order valence-corrected chi connectivity index (χ3v) is 3.05. The van der Waals surface area contributed by atoms with Crippen molar-refractivity contribution in [3.8, 4) is 0 Å². The largest absolute Gasteiger partial charge is 0.481 e. The Hall–Kier alpha value is -1.28. The lowest BCUT2D eigenvalue weighted by Gasteiger charge is -2.05. The van der Waals surface area contributed by atoms with E-state index in [2.05, 4.69) is 6.08 Å². The van der Waals surface area contributed by atoms with Gasteiger partial charge in [-0.2, -0.15) is 0 Å². The molecule has 1 aliphatic rings. The van der Waals surface area contributed by atoms with Crippen LogP contribution >= 0.6 is 11.6 Å². The van der Waals surface area contributed by atoms with Gasteiger partial charge < -0.3 is 5.11 Å². The molecule has 0 aromatic heterocycles. The summed E-state index contributed by atoms with van der Waals surface area (Å²) in [6, 6.07) is 5.89. The summed E-state index contributed by atoms with van der Waals surface area (Å²) in [6.07, 6.45) is 4.85. The summed E-state index contributed by atoms with van der Waals surface area (Å²) in [7, 11) is 0. The van der Waals surface area contributed by atoms with Crippen molar-refractivity contribution in [2.45, 2.75) is 25.7 Å². The highest BCUT2D eigenvalue weighted by Crippen LogP contribution is 2.32. The molecule has 0 radical (unpaired) electrons. The first-order valence-corrected chi connectivity index (χ1v) is 5.74. The van der Waals surface area contributed by atoms with Gasteiger partial charge in [0.25, 0.3) is 0 Å². The van der Waals surface area contributed by atoms with Crippen LogP contribution in [-0.2, 0) is 11.2 Å². The fourth-order valence-electron chi connectivity index (χ4n) is 2.05. The van der Waals surface area contributed by atoms with Crippen LogP contribution in [0.3, 0.4) is 0 Å². The number of benzene rings is 1. The number of hydrogen-bond donors (Lipinski definition) is 1. The van der Waals surface area contributed by atoms with Gasteiger partial charge in [0.1, 0.15) is 0 Å². The van der Waals surface area contributed by atoms with Gasteiger partial charge in [-0.05, 0) is 48.1 Å². The highest BCUT2D eigenvalue weighted by molar-refractivity contribution is 6.30. The van der Waals surface area contributed by atoms with Crippen molar-refractivity contribution in [1.82, 2.24) is 0 Å². The number of hydrogen-bond acceptors (Lipinski definition) is 1. The molecule has 2 nitrogen and oxygen atoms in total. The first-order valence-electron chi connectivity index (χ1n) is 5.36. The molecule has 1 N–H and O–H groups in total. The molecule has 0 atom stereocenters. The van der Waals surface area contributed by atoms with E-state index in [0.717, 1.165) is 17.9 Å². The molecule has 0 amide bonds.